The first kappa shape index (κ1) is 25.1. The molecule has 2 fully saturated rings. The molecule has 39 heavy (non-hydrogen) atoms. The Hall–Kier alpha value is -4.18. The summed E-state index contributed by atoms with van der Waals surface area (Å²) in [7, 11) is 3.65. The zero-order valence-electron chi connectivity index (χ0n) is 22.3. The number of hydrogen-bond acceptors (Lipinski definition) is 7. The van der Waals surface area contributed by atoms with E-state index in [0.29, 0.717) is 47.3 Å². The summed E-state index contributed by atoms with van der Waals surface area (Å²) in [5.41, 5.74) is 3.30. The fourth-order valence-electron chi connectivity index (χ4n) is 5.16. The molecule has 1 amide bonds. The van der Waals surface area contributed by atoms with Crippen LogP contribution in [0.2, 0.25) is 0 Å². The molecule has 2 atom stereocenters. The topological polar surface area (TPSA) is 112 Å². The van der Waals surface area contributed by atoms with Crippen molar-refractivity contribution in [3.63, 3.8) is 0 Å². The highest BCUT2D eigenvalue weighted by atomic mass is 16.5. The van der Waals surface area contributed by atoms with E-state index >= 15 is 0 Å². The highest BCUT2D eigenvalue weighted by Gasteiger charge is 2.32. The minimum absolute atomic E-state index is 0.0510. The number of aromatic nitrogens is 4. The molecule has 10 nitrogen and oxygen atoms in total. The molecule has 0 saturated heterocycles. The van der Waals surface area contributed by atoms with Crippen molar-refractivity contribution in [2.45, 2.75) is 51.2 Å². The van der Waals surface area contributed by atoms with Gasteiger partial charge in [-0.05, 0) is 61.4 Å². The van der Waals surface area contributed by atoms with E-state index < -0.39 is 0 Å². The third kappa shape index (κ3) is 5.24. The molecule has 2 saturated carbocycles. The molecular weight excluding hydrogens is 496 g/mol. The highest BCUT2D eigenvalue weighted by molar-refractivity contribution is 5.87. The lowest BCUT2D eigenvalue weighted by Crippen LogP contribution is -2.38. The smallest absolute Gasteiger partial charge is 0.274 e. The van der Waals surface area contributed by atoms with E-state index in [4.69, 9.17) is 14.5 Å². The van der Waals surface area contributed by atoms with Crippen LogP contribution in [0, 0.1) is 5.92 Å². The number of nitrogens with zero attached hydrogens (tertiary/aromatic N) is 4. The van der Waals surface area contributed by atoms with Gasteiger partial charge in [-0.1, -0.05) is 0 Å². The van der Waals surface area contributed by atoms with Crippen LogP contribution in [0.4, 0.5) is 17.5 Å². The Morgan fingerprint density at radius 2 is 1.92 bits per heavy atom. The fraction of sp³-hybridized carbons (Fsp3) is 0.379. The van der Waals surface area contributed by atoms with Crippen LogP contribution in [0.1, 0.15) is 44.1 Å². The molecule has 0 aliphatic heterocycles. The number of aryl methyl sites for hydroxylation is 1. The normalized spacial score (nSPS) is 18.5. The average molecular weight is 529 g/mol. The Bertz CT molecular complexity index is 1600. The van der Waals surface area contributed by atoms with E-state index in [-0.39, 0.29) is 17.6 Å². The summed E-state index contributed by atoms with van der Waals surface area (Å²) in [6, 6.07) is 11.0. The number of ether oxygens (including phenoxy) is 2. The summed E-state index contributed by atoms with van der Waals surface area (Å²) in [6.45, 7) is 2.09. The molecule has 0 spiro atoms. The molecule has 3 aromatic heterocycles. The summed E-state index contributed by atoms with van der Waals surface area (Å²) < 4.78 is 15.4. The molecule has 0 unspecified atom stereocenters. The van der Waals surface area contributed by atoms with Crippen LogP contribution >= 0.6 is 0 Å². The molecule has 1 aromatic carbocycles. The molecule has 6 rings (SSSR count). The van der Waals surface area contributed by atoms with Crippen molar-refractivity contribution in [2.75, 3.05) is 17.7 Å². The van der Waals surface area contributed by atoms with Gasteiger partial charge in [-0.2, -0.15) is 0 Å². The van der Waals surface area contributed by atoms with Gasteiger partial charge in [0, 0.05) is 58.1 Å². The number of rotatable bonds is 9. The van der Waals surface area contributed by atoms with Gasteiger partial charge in [0.15, 0.2) is 0 Å². The van der Waals surface area contributed by atoms with Gasteiger partial charge in [-0.15, -0.1) is 0 Å². The lowest BCUT2D eigenvalue weighted by molar-refractivity contribution is -0.114. The molecule has 2 aliphatic carbocycles. The zero-order chi connectivity index (χ0) is 27.1. The minimum Gasteiger partial charge on any atom is -0.457 e. The van der Waals surface area contributed by atoms with Crippen molar-refractivity contribution in [1.29, 1.82) is 0 Å². The van der Waals surface area contributed by atoms with Gasteiger partial charge in [0.25, 0.3) is 5.56 Å². The molecule has 202 valence electrons. The Morgan fingerprint density at radius 1 is 1.10 bits per heavy atom. The van der Waals surface area contributed by atoms with Crippen molar-refractivity contribution in [3.05, 3.63) is 64.7 Å². The average Bonchev–Trinajstić information content (AvgIpc) is 3.69. The van der Waals surface area contributed by atoms with Crippen LogP contribution < -0.4 is 20.9 Å². The van der Waals surface area contributed by atoms with Gasteiger partial charge in [-0.3, -0.25) is 9.59 Å². The number of amides is 1. The number of methoxy groups -OCH3 is 1. The van der Waals surface area contributed by atoms with E-state index in [1.807, 2.05) is 46.6 Å². The maximum Gasteiger partial charge on any atom is 0.274 e. The second kappa shape index (κ2) is 10.2. The van der Waals surface area contributed by atoms with Gasteiger partial charge in [0.05, 0.1) is 17.1 Å². The summed E-state index contributed by atoms with van der Waals surface area (Å²) in [6.07, 6.45) is 8.26. The van der Waals surface area contributed by atoms with Crippen LogP contribution in [-0.2, 0) is 23.1 Å². The van der Waals surface area contributed by atoms with Gasteiger partial charge in [0.2, 0.25) is 11.9 Å². The molecule has 3 heterocycles. The summed E-state index contributed by atoms with van der Waals surface area (Å²) in [5.74, 6) is 2.83. The zero-order valence-corrected chi connectivity index (χ0v) is 22.3. The summed E-state index contributed by atoms with van der Waals surface area (Å²) in [5, 5.41) is 5.98. The molecule has 0 radical (unpaired) electrons. The Morgan fingerprint density at radius 3 is 2.64 bits per heavy atom. The first-order valence-corrected chi connectivity index (χ1v) is 13.3. The molecule has 2 aliphatic rings. The number of hydrogen-bond donors (Lipinski definition) is 2. The lowest BCUT2D eigenvalue weighted by atomic mass is 9.81. The van der Waals surface area contributed by atoms with Gasteiger partial charge < -0.3 is 29.2 Å². The monoisotopic (exact) mass is 528 g/mol. The van der Waals surface area contributed by atoms with Crippen LogP contribution in [0.3, 0.4) is 0 Å². The summed E-state index contributed by atoms with van der Waals surface area (Å²) >= 11 is 0. The largest absolute Gasteiger partial charge is 0.457 e. The van der Waals surface area contributed by atoms with Crippen LogP contribution in [0.5, 0.6) is 11.5 Å². The number of carbonyl (C=O) groups is 1. The maximum atomic E-state index is 13.5. The van der Waals surface area contributed by atoms with Crippen molar-refractivity contribution < 1.29 is 14.3 Å². The Labute approximate surface area is 226 Å². The van der Waals surface area contributed by atoms with Gasteiger partial charge in [0.1, 0.15) is 23.0 Å². The van der Waals surface area contributed by atoms with Crippen LogP contribution in [0.25, 0.3) is 11.0 Å². The quantitative estimate of drug-likeness (QED) is 0.317. The van der Waals surface area contributed by atoms with E-state index in [2.05, 4.69) is 15.6 Å². The predicted octanol–water partition coefficient (Wildman–Crippen LogP) is 4.93. The number of imidazole rings is 1. The Balaban J connectivity index is 1.27. The molecule has 0 bridgehead atoms. The SMILES string of the molecule is CO[C@H]1CC[C@H]1Cn1cc(C2CC2)cc(Nc2nc3ccc(Oc4ccnc(NC(C)=O)c4)cc3n2C)c1=O. The number of anilines is 3. The Kier molecular flexibility index (Phi) is 6.56. The first-order valence-electron chi connectivity index (χ1n) is 13.3. The maximum absolute atomic E-state index is 13.5. The minimum atomic E-state index is -0.201. The molecule has 2 N–H and O–H groups in total. The number of nitrogens with one attached hydrogen (secondary N) is 2. The third-order valence-electron chi connectivity index (χ3n) is 7.61. The lowest BCUT2D eigenvalue weighted by Gasteiger charge is -2.35. The van der Waals surface area contributed by atoms with Crippen molar-refractivity contribution in [3.8, 4) is 11.5 Å². The van der Waals surface area contributed by atoms with Gasteiger partial charge >= 0.3 is 0 Å². The second-order valence-electron chi connectivity index (χ2n) is 10.5. The third-order valence-corrected chi connectivity index (χ3v) is 7.61. The van der Waals surface area contributed by atoms with E-state index in [1.54, 1.807) is 25.4 Å². The molecular formula is C29H32N6O4. The van der Waals surface area contributed by atoms with Crippen molar-refractivity contribution >= 4 is 34.4 Å². The number of benzene rings is 1. The van der Waals surface area contributed by atoms with Crippen LogP contribution in [-0.4, -0.2) is 38.2 Å². The molecule has 10 heteroatoms. The highest BCUT2D eigenvalue weighted by Crippen LogP contribution is 2.41. The second-order valence-corrected chi connectivity index (χ2v) is 10.5. The number of carbonyl (C=O) groups excluding carboxylic acids is 1. The summed E-state index contributed by atoms with van der Waals surface area (Å²) in [4.78, 5) is 33.7. The first-order chi connectivity index (χ1) is 18.9. The van der Waals surface area contributed by atoms with Crippen molar-refractivity contribution in [1.82, 2.24) is 19.1 Å². The standard InChI is InChI=1S/C29H32N6O4/c1-17(36)31-27-14-22(10-11-30-27)39-21-7-8-23-25(13-21)34(2)29(32-23)33-24-12-20(18-4-5-18)16-35(28(24)37)15-19-6-9-26(19)38-3/h7-8,10-14,16,18-19,26H,4-6,9,15H2,1-3H3,(H,32,33)(H,30,31,36)/t19-,26-/m0/s1. The van der Waals surface area contributed by atoms with E-state index in [0.717, 1.165) is 36.7 Å². The van der Waals surface area contributed by atoms with E-state index in [9.17, 15) is 9.59 Å². The van der Waals surface area contributed by atoms with Gasteiger partial charge in [-0.25, -0.2) is 9.97 Å². The predicted molar refractivity (Wildman–Crippen MR) is 149 cm³/mol. The number of fused-ring (bicyclic) bond motifs is 1. The van der Waals surface area contributed by atoms with Crippen LogP contribution in [0.15, 0.2) is 53.6 Å². The fourth-order valence-corrected chi connectivity index (χ4v) is 5.16. The van der Waals surface area contributed by atoms with Crippen molar-refractivity contribution in [2.24, 2.45) is 13.0 Å². The number of pyridine rings is 2. The van der Waals surface area contributed by atoms with E-state index in [1.165, 1.54) is 12.5 Å². The molecule has 4 aromatic rings.